The number of carbonyl (C=O) groups excluding carboxylic acids is 1. The van der Waals surface area contributed by atoms with Gasteiger partial charge in [0.2, 0.25) is 0 Å². The van der Waals surface area contributed by atoms with Crippen molar-refractivity contribution >= 4 is 23.1 Å². The molecule has 2 aromatic carbocycles. The molecule has 0 aliphatic rings. The molecule has 0 aliphatic heterocycles. The molecule has 0 unspecified atom stereocenters. The Morgan fingerprint density at radius 3 is 2.50 bits per heavy atom. The molecular weight excluding hydrogens is 352 g/mol. The zero-order valence-corrected chi connectivity index (χ0v) is 15.6. The number of methoxy groups -OCH3 is 1. The van der Waals surface area contributed by atoms with Crippen molar-refractivity contribution in [1.82, 2.24) is 9.38 Å². The van der Waals surface area contributed by atoms with Gasteiger partial charge in [0, 0.05) is 35.4 Å². The molecule has 2 heterocycles. The quantitative estimate of drug-likeness (QED) is 0.532. The third-order valence-electron chi connectivity index (χ3n) is 4.42. The predicted octanol–water partition coefficient (Wildman–Crippen LogP) is 4.96. The minimum Gasteiger partial charge on any atom is -0.497 e. The topological polar surface area (TPSA) is 67.7 Å². The smallest absolute Gasteiger partial charge is 0.323 e. The highest BCUT2D eigenvalue weighted by molar-refractivity contribution is 6.00. The molecule has 0 saturated carbocycles. The summed E-state index contributed by atoms with van der Waals surface area (Å²) in [5.74, 6) is 0.682. The highest BCUT2D eigenvalue weighted by atomic mass is 16.5. The molecule has 4 rings (SSSR count). The van der Waals surface area contributed by atoms with Crippen LogP contribution in [0.15, 0.2) is 73.1 Å². The van der Waals surface area contributed by atoms with Gasteiger partial charge in [0.15, 0.2) is 0 Å². The lowest BCUT2D eigenvalue weighted by Crippen LogP contribution is -2.19. The summed E-state index contributed by atoms with van der Waals surface area (Å²) in [6.07, 6.45) is 3.96. The highest BCUT2D eigenvalue weighted by Gasteiger charge is 2.08. The fraction of sp³-hybridized carbons (Fsp3) is 0.0909. The Bertz CT molecular complexity index is 1150. The minimum absolute atomic E-state index is 0.323. The number of hydrogen-bond acceptors (Lipinski definition) is 3. The number of pyridine rings is 1. The third kappa shape index (κ3) is 3.66. The van der Waals surface area contributed by atoms with Gasteiger partial charge in [0.1, 0.15) is 11.4 Å². The maximum Gasteiger partial charge on any atom is 0.323 e. The first-order valence-corrected chi connectivity index (χ1v) is 8.89. The summed E-state index contributed by atoms with van der Waals surface area (Å²) in [4.78, 5) is 17.0. The number of nitrogens with one attached hydrogen (secondary N) is 2. The van der Waals surface area contributed by atoms with Gasteiger partial charge in [-0.1, -0.05) is 24.3 Å². The van der Waals surface area contributed by atoms with E-state index in [1.165, 1.54) is 0 Å². The first kappa shape index (κ1) is 17.6. The van der Waals surface area contributed by atoms with E-state index in [0.29, 0.717) is 17.1 Å². The second-order valence-electron chi connectivity index (χ2n) is 6.44. The number of aryl methyl sites for hydroxylation is 1. The average molecular weight is 372 g/mol. The second kappa shape index (κ2) is 7.44. The van der Waals surface area contributed by atoms with E-state index in [1.807, 2.05) is 72.2 Å². The molecule has 0 saturated heterocycles. The van der Waals surface area contributed by atoms with Crippen LogP contribution in [0.3, 0.4) is 0 Å². The normalized spacial score (nSPS) is 10.6. The number of aromatic nitrogens is 2. The number of hydrogen-bond donors (Lipinski definition) is 2. The summed E-state index contributed by atoms with van der Waals surface area (Å²) in [6, 6.07) is 18.5. The summed E-state index contributed by atoms with van der Waals surface area (Å²) in [7, 11) is 1.59. The van der Waals surface area contributed by atoms with Gasteiger partial charge < -0.3 is 19.8 Å². The van der Waals surface area contributed by atoms with Crippen LogP contribution in [0.4, 0.5) is 16.2 Å². The summed E-state index contributed by atoms with van der Waals surface area (Å²) in [5.41, 5.74) is 5.16. The van der Waals surface area contributed by atoms with Crippen LogP contribution < -0.4 is 15.4 Å². The summed E-state index contributed by atoms with van der Waals surface area (Å²) in [6.45, 7) is 2.03. The van der Waals surface area contributed by atoms with E-state index in [2.05, 4.69) is 10.6 Å². The van der Waals surface area contributed by atoms with Crippen LogP contribution in [0.25, 0.3) is 16.9 Å². The van der Waals surface area contributed by atoms with Gasteiger partial charge in [-0.2, -0.15) is 0 Å². The average Bonchev–Trinajstić information content (AvgIpc) is 3.14. The van der Waals surface area contributed by atoms with Crippen molar-refractivity contribution in [2.45, 2.75) is 6.92 Å². The lowest BCUT2D eigenvalue weighted by molar-refractivity contribution is 0.262. The molecule has 0 fully saturated rings. The lowest BCUT2D eigenvalue weighted by atomic mass is 10.1. The van der Waals surface area contributed by atoms with E-state index in [-0.39, 0.29) is 6.03 Å². The van der Waals surface area contributed by atoms with E-state index >= 15 is 0 Å². The molecule has 140 valence electrons. The van der Waals surface area contributed by atoms with Crippen molar-refractivity contribution in [2.75, 3.05) is 17.7 Å². The molecule has 28 heavy (non-hydrogen) atoms. The number of urea groups is 1. The number of imidazole rings is 1. The van der Waals surface area contributed by atoms with Crippen molar-refractivity contribution in [3.05, 3.63) is 78.6 Å². The number of carbonyl (C=O) groups is 1. The molecular formula is C22H20N4O2. The van der Waals surface area contributed by atoms with Gasteiger partial charge >= 0.3 is 6.03 Å². The molecule has 4 aromatic rings. The molecule has 0 aliphatic carbocycles. The zero-order valence-electron chi connectivity index (χ0n) is 15.6. The Morgan fingerprint density at radius 1 is 1.00 bits per heavy atom. The molecule has 6 heteroatoms. The van der Waals surface area contributed by atoms with Crippen LogP contribution in [0.2, 0.25) is 0 Å². The van der Waals surface area contributed by atoms with Crippen LogP contribution >= 0.6 is 0 Å². The standard InChI is InChI=1S/C22H20N4O2/c1-15-6-5-11-26-14-20(25-21(15)26)16-7-3-8-17(12-16)23-22(27)24-18-9-4-10-19(13-18)28-2/h3-14H,1-2H3,(H2,23,24,27). The van der Waals surface area contributed by atoms with Gasteiger partial charge in [-0.15, -0.1) is 0 Å². The number of fused-ring (bicyclic) bond motifs is 1. The Morgan fingerprint density at radius 2 is 1.75 bits per heavy atom. The number of benzene rings is 2. The monoisotopic (exact) mass is 372 g/mol. The SMILES string of the molecule is COc1cccc(NC(=O)Nc2cccc(-c3cn4cccc(C)c4n3)c2)c1. The van der Waals surface area contributed by atoms with Gasteiger partial charge in [0.05, 0.1) is 12.8 Å². The Labute approximate surface area is 162 Å². The predicted molar refractivity (Wildman–Crippen MR) is 111 cm³/mol. The molecule has 2 amide bonds. The van der Waals surface area contributed by atoms with E-state index in [1.54, 1.807) is 19.2 Å². The van der Waals surface area contributed by atoms with Crippen molar-refractivity contribution in [3.8, 4) is 17.0 Å². The molecule has 0 radical (unpaired) electrons. The van der Waals surface area contributed by atoms with E-state index in [4.69, 9.17) is 9.72 Å². The van der Waals surface area contributed by atoms with Crippen LogP contribution in [0, 0.1) is 6.92 Å². The first-order chi connectivity index (χ1) is 13.6. The zero-order chi connectivity index (χ0) is 19.5. The largest absolute Gasteiger partial charge is 0.497 e. The van der Waals surface area contributed by atoms with Gasteiger partial charge in [-0.05, 0) is 42.8 Å². The summed E-state index contributed by atoms with van der Waals surface area (Å²) >= 11 is 0. The maximum atomic E-state index is 12.3. The maximum absolute atomic E-state index is 12.3. The lowest BCUT2D eigenvalue weighted by Gasteiger charge is -2.09. The van der Waals surface area contributed by atoms with Crippen LogP contribution in [0.1, 0.15) is 5.56 Å². The van der Waals surface area contributed by atoms with Crippen LogP contribution in [0.5, 0.6) is 5.75 Å². The summed E-state index contributed by atoms with van der Waals surface area (Å²) < 4.78 is 7.17. The van der Waals surface area contributed by atoms with Crippen molar-refractivity contribution in [1.29, 1.82) is 0 Å². The second-order valence-corrected chi connectivity index (χ2v) is 6.44. The fourth-order valence-electron chi connectivity index (χ4n) is 3.04. The number of rotatable bonds is 4. The van der Waals surface area contributed by atoms with Gasteiger partial charge in [0.25, 0.3) is 0 Å². The van der Waals surface area contributed by atoms with Crippen molar-refractivity contribution in [3.63, 3.8) is 0 Å². The summed E-state index contributed by atoms with van der Waals surface area (Å²) in [5, 5.41) is 5.66. The van der Waals surface area contributed by atoms with E-state index in [0.717, 1.165) is 22.5 Å². The molecule has 0 bridgehead atoms. The van der Waals surface area contributed by atoms with E-state index in [9.17, 15) is 4.79 Å². The van der Waals surface area contributed by atoms with Crippen molar-refractivity contribution < 1.29 is 9.53 Å². The van der Waals surface area contributed by atoms with Crippen LogP contribution in [-0.2, 0) is 0 Å². The first-order valence-electron chi connectivity index (χ1n) is 8.89. The Kier molecular flexibility index (Phi) is 4.68. The van der Waals surface area contributed by atoms with Crippen LogP contribution in [-0.4, -0.2) is 22.5 Å². The molecule has 2 N–H and O–H groups in total. The Balaban J connectivity index is 1.53. The minimum atomic E-state index is -0.323. The number of amides is 2. The van der Waals surface area contributed by atoms with Gasteiger partial charge in [-0.3, -0.25) is 0 Å². The third-order valence-corrected chi connectivity index (χ3v) is 4.42. The number of nitrogens with zero attached hydrogens (tertiary/aromatic N) is 2. The number of ether oxygens (including phenoxy) is 1. The van der Waals surface area contributed by atoms with E-state index < -0.39 is 0 Å². The fourth-order valence-corrected chi connectivity index (χ4v) is 3.04. The number of anilines is 2. The van der Waals surface area contributed by atoms with Gasteiger partial charge in [-0.25, -0.2) is 9.78 Å². The molecule has 0 atom stereocenters. The molecule has 2 aromatic heterocycles. The highest BCUT2D eigenvalue weighted by Crippen LogP contribution is 2.24. The molecule has 6 nitrogen and oxygen atoms in total. The molecule has 0 spiro atoms. The Hall–Kier alpha value is -3.80. The van der Waals surface area contributed by atoms with Crippen molar-refractivity contribution in [2.24, 2.45) is 0 Å².